The Bertz CT molecular complexity index is 1020. The Morgan fingerprint density at radius 3 is 2.35 bits per heavy atom. The summed E-state index contributed by atoms with van der Waals surface area (Å²) in [6.45, 7) is 5.47. The number of aryl methyl sites for hydroxylation is 1. The first-order chi connectivity index (χ1) is 14.7. The fourth-order valence-corrected chi connectivity index (χ4v) is 4.22. The Morgan fingerprint density at radius 2 is 1.74 bits per heavy atom. The Hall–Kier alpha value is -2.75. The number of nitrogens with one attached hydrogen (secondary N) is 1. The number of esters is 1. The van der Waals surface area contributed by atoms with E-state index < -0.39 is 21.9 Å². The molecular weight excluding hydrogens is 420 g/mol. The molecular formula is C22H28N2O6S. The van der Waals surface area contributed by atoms with E-state index in [0.717, 1.165) is 15.4 Å². The van der Waals surface area contributed by atoms with E-state index in [1.54, 1.807) is 13.0 Å². The van der Waals surface area contributed by atoms with Gasteiger partial charge in [0.15, 0.2) is 0 Å². The molecule has 0 radical (unpaired) electrons. The van der Waals surface area contributed by atoms with Crippen LogP contribution in [0.2, 0.25) is 0 Å². The van der Waals surface area contributed by atoms with Crippen molar-refractivity contribution in [2.45, 2.75) is 25.7 Å². The molecule has 0 atom stereocenters. The van der Waals surface area contributed by atoms with E-state index in [-0.39, 0.29) is 36.8 Å². The maximum atomic E-state index is 13.1. The second-order valence-corrected chi connectivity index (χ2v) is 8.81. The fourth-order valence-electron chi connectivity index (χ4n) is 2.84. The predicted octanol–water partition coefficient (Wildman–Crippen LogP) is 2.76. The minimum atomic E-state index is -3.99. The predicted molar refractivity (Wildman–Crippen MR) is 118 cm³/mol. The van der Waals surface area contributed by atoms with Gasteiger partial charge < -0.3 is 14.8 Å². The first kappa shape index (κ1) is 24.5. The molecule has 1 N–H and O–H groups in total. The number of benzene rings is 2. The van der Waals surface area contributed by atoms with Crippen LogP contribution in [0.15, 0.2) is 47.4 Å². The Morgan fingerprint density at radius 1 is 1.06 bits per heavy atom. The van der Waals surface area contributed by atoms with Crippen molar-refractivity contribution >= 4 is 27.6 Å². The number of carbonyl (C=O) groups excluding carboxylic acids is 2. The number of sulfonamides is 1. The van der Waals surface area contributed by atoms with Crippen molar-refractivity contribution in [2.24, 2.45) is 0 Å². The van der Waals surface area contributed by atoms with Crippen molar-refractivity contribution in [3.05, 3.63) is 59.2 Å². The minimum Gasteiger partial charge on any atom is -0.462 e. The lowest BCUT2D eigenvalue weighted by molar-refractivity contribution is -0.116. The fraction of sp³-hybridized carbons (Fsp3) is 0.364. The van der Waals surface area contributed by atoms with Gasteiger partial charge in [0.1, 0.15) is 0 Å². The van der Waals surface area contributed by atoms with Crippen LogP contribution in [0.5, 0.6) is 0 Å². The van der Waals surface area contributed by atoms with Gasteiger partial charge in [0, 0.05) is 19.3 Å². The Kier molecular flexibility index (Phi) is 8.73. The molecule has 0 bridgehead atoms. The molecule has 168 valence electrons. The number of hydrogen-bond donors (Lipinski definition) is 1. The summed E-state index contributed by atoms with van der Waals surface area (Å²) in [7, 11) is -2.54. The van der Waals surface area contributed by atoms with E-state index >= 15 is 0 Å². The summed E-state index contributed by atoms with van der Waals surface area (Å²) in [4.78, 5) is 24.4. The highest BCUT2D eigenvalue weighted by Gasteiger charge is 2.27. The summed E-state index contributed by atoms with van der Waals surface area (Å²) < 4.78 is 37.2. The van der Waals surface area contributed by atoms with Crippen LogP contribution < -0.4 is 5.32 Å². The average Bonchev–Trinajstić information content (AvgIpc) is 2.74. The normalized spacial score (nSPS) is 11.4. The number of rotatable bonds is 10. The topological polar surface area (TPSA) is 102 Å². The van der Waals surface area contributed by atoms with Gasteiger partial charge in [-0.25, -0.2) is 13.2 Å². The number of ether oxygens (including phenoxy) is 2. The number of anilines is 1. The molecule has 0 aliphatic rings. The molecule has 9 heteroatoms. The lowest BCUT2D eigenvalue weighted by atomic mass is 10.1. The van der Waals surface area contributed by atoms with E-state index in [9.17, 15) is 18.0 Å². The lowest BCUT2D eigenvalue weighted by Crippen LogP contribution is -2.40. The summed E-state index contributed by atoms with van der Waals surface area (Å²) >= 11 is 0. The summed E-state index contributed by atoms with van der Waals surface area (Å²) in [6, 6.07) is 10.9. The maximum Gasteiger partial charge on any atom is 0.338 e. The van der Waals surface area contributed by atoms with Gasteiger partial charge in [-0.05, 0) is 62.2 Å². The molecule has 0 heterocycles. The molecule has 0 fully saturated rings. The van der Waals surface area contributed by atoms with Gasteiger partial charge in [-0.15, -0.1) is 0 Å². The molecule has 2 rings (SSSR count). The molecule has 0 spiro atoms. The van der Waals surface area contributed by atoms with Crippen LogP contribution in [-0.2, 0) is 24.3 Å². The maximum absolute atomic E-state index is 13.1. The van der Waals surface area contributed by atoms with Crippen LogP contribution in [-0.4, -0.2) is 58.0 Å². The van der Waals surface area contributed by atoms with Crippen LogP contribution in [0.4, 0.5) is 5.69 Å². The van der Waals surface area contributed by atoms with Gasteiger partial charge >= 0.3 is 5.97 Å². The summed E-state index contributed by atoms with van der Waals surface area (Å²) in [5, 5.41) is 2.77. The average molecular weight is 449 g/mol. The number of carbonyl (C=O) groups is 2. The van der Waals surface area contributed by atoms with Crippen molar-refractivity contribution in [3.8, 4) is 0 Å². The van der Waals surface area contributed by atoms with Gasteiger partial charge in [0.25, 0.3) is 0 Å². The monoisotopic (exact) mass is 448 g/mol. The van der Waals surface area contributed by atoms with Crippen LogP contribution in [0.1, 0.15) is 28.4 Å². The smallest absolute Gasteiger partial charge is 0.338 e. The third-order valence-corrected chi connectivity index (χ3v) is 6.61. The van der Waals surface area contributed by atoms with Crippen molar-refractivity contribution < 1.29 is 27.5 Å². The Labute approximate surface area is 183 Å². The standard InChI is InChI=1S/C22H28N2O6S/c1-5-30-22(26)18-9-11-19(12-10-18)31(27,28)24(13-14-29-4)15-21(25)23-20-8-6-7-16(2)17(20)3/h6-12H,5,13-15H2,1-4H3,(H,23,25). The molecule has 0 saturated carbocycles. The number of methoxy groups -OCH3 is 1. The zero-order chi connectivity index (χ0) is 23.0. The first-order valence-corrected chi connectivity index (χ1v) is 11.3. The number of nitrogens with zero attached hydrogens (tertiary/aromatic N) is 1. The lowest BCUT2D eigenvalue weighted by Gasteiger charge is -2.22. The summed E-state index contributed by atoms with van der Waals surface area (Å²) in [5.41, 5.74) is 2.81. The molecule has 0 aliphatic heterocycles. The SMILES string of the molecule is CCOC(=O)c1ccc(S(=O)(=O)N(CCOC)CC(=O)Nc2cccc(C)c2C)cc1. The van der Waals surface area contributed by atoms with Crippen molar-refractivity contribution in [1.29, 1.82) is 0 Å². The zero-order valence-corrected chi connectivity index (χ0v) is 19.0. The quantitative estimate of drug-likeness (QED) is 0.561. The number of hydrogen-bond acceptors (Lipinski definition) is 6. The van der Waals surface area contributed by atoms with Gasteiger partial charge in [-0.2, -0.15) is 4.31 Å². The molecule has 0 saturated heterocycles. The second-order valence-electron chi connectivity index (χ2n) is 6.87. The van der Waals surface area contributed by atoms with E-state index in [1.807, 2.05) is 26.0 Å². The Balaban J connectivity index is 2.22. The van der Waals surface area contributed by atoms with Crippen LogP contribution in [0.25, 0.3) is 0 Å². The van der Waals surface area contributed by atoms with Gasteiger partial charge in [-0.3, -0.25) is 4.79 Å². The zero-order valence-electron chi connectivity index (χ0n) is 18.2. The number of amides is 1. The van der Waals surface area contributed by atoms with E-state index in [4.69, 9.17) is 9.47 Å². The summed E-state index contributed by atoms with van der Waals surface area (Å²) in [5.74, 6) is -0.993. The third-order valence-electron chi connectivity index (χ3n) is 4.75. The van der Waals surface area contributed by atoms with E-state index in [0.29, 0.717) is 5.69 Å². The van der Waals surface area contributed by atoms with Crippen molar-refractivity contribution in [2.75, 3.05) is 38.7 Å². The molecule has 2 aromatic rings. The first-order valence-electron chi connectivity index (χ1n) is 9.83. The van der Waals surface area contributed by atoms with Crippen molar-refractivity contribution in [3.63, 3.8) is 0 Å². The second kappa shape index (κ2) is 11.0. The molecule has 0 unspecified atom stereocenters. The highest BCUT2D eigenvalue weighted by atomic mass is 32.2. The third kappa shape index (κ3) is 6.36. The summed E-state index contributed by atoms with van der Waals surface area (Å²) in [6.07, 6.45) is 0. The van der Waals surface area contributed by atoms with Crippen LogP contribution >= 0.6 is 0 Å². The molecule has 0 aliphatic carbocycles. The molecule has 1 amide bonds. The molecule has 31 heavy (non-hydrogen) atoms. The molecule has 2 aromatic carbocycles. The largest absolute Gasteiger partial charge is 0.462 e. The van der Waals surface area contributed by atoms with E-state index in [1.165, 1.54) is 31.4 Å². The molecule has 8 nitrogen and oxygen atoms in total. The van der Waals surface area contributed by atoms with Crippen molar-refractivity contribution in [1.82, 2.24) is 4.31 Å². The van der Waals surface area contributed by atoms with Gasteiger partial charge in [0.05, 0.1) is 30.2 Å². The highest BCUT2D eigenvalue weighted by Crippen LogP contribution is 2.20. The van der Waals surface area contributed by atoms with Gasteiger partial charge in [0.2, 0.25) is 15.9 Å². The van der Waals surface area contributed by atoms with Crippen LogP contribution in [0, 0.1) is 13.8 Å². The molecule has 0 aromatic heterocycles. The minimum absolute atomic E-state index is 0.00131. The van der Waals surface area contributed by atoms with Gasteiger partial charge in [-0.1, -0.05) is 12.1 Å². The van der Waals surface area contributed by atoms with E-state index in [2.05, 4.69) is 5.32 Å². The van der Waals surface area contributed by atoms with Crippen LogP contribution in [0.3, 0.4) is 0 Å². The highest BCUT2D eigenvalue weighted by molar-refractivity contribution is 7.89.